The minimum Gasteiger partial charge on any atom is -0.336 e. The number of nitrogens with one attached hydrogen (secondary N) is 3. The van der Waals surface area contributed by atoms with E-state index < -0.39 is 0 Å². The van der Waals surface area contributed by atoms with Gasteiger partial charge in [0.2, 0.25) is 5.91 Å². The van der Waals surface area contributed by atoms with Gasteiger partial charge in [-0.1, -0.05) is 44.4 Å². The van der Waals surface area contributed by atoms with Crippen molar-refractivity contribution in [1.29, 1.82) is 0 Å². The van der Waals surface area contributed by atoms with E-state index >= 15 is 0 Å². The Bertz CT molecular complexity index is 571. The van der Waals surface area contributed by atoms with E-state index in [1.807, 2.05) is 30.3 Å². The molecule has 1 atom stereocenters. The summed E-state index contributed by atoms with van der Waals surface area (Å²) in [7, 11) is 0. The number of nitrogens with zero attached hydrogens (tertiary/aromatic N) is 1. The number of urea groups is 1. The van der Waals surface area contributed by atoms with E-state index in [4.69, 9.17) is 0 Å². The first-order valence-electron chi connectivity index (χ1n) is 10.2. The molecule has 0 aliphatic carbocycles. The van der Waals surface area contributed by atoms with Crippen LogP contribution in [0.15, 0.2) is 30.3 Å². The molecule has 1 aromatic rings. The van der Waals surface area contributed by atoms with Gasteiger partial charge in [0, 0.05) is 30.9 Å². The SMILES string of the molecule is CCCCCC(C)NC(=O)NC1CCN(CC(=O)Nc2ccccc2)CC1. The highest BCUT2D eigenvalue weighted by atomic mass is 16.2. The topological polar surface area (TPSA) is 73.5 Å². The third-order valence-corrected chi connectivity index (χ3v) is 4.97. The number of unbranched alkanes of at least 4 members (excludes halogenated alkanes) is 2. The van der Waals surface area contributed by atoms with E-state index in [1.165, 1.54) is 12.8 Å². The maximum absolute atomic E-state index is 12.1. The molecular formula is C21H34N4O2. The number of hydrogen-bond acceptors (Lipinski definition) is 3. The predicted octanol–water partition coefficient (Wildman–Crippen LogP) is 3.36. The molecule has 1 aliphatic heterocycles. The van der Waals surface area contributed by atoms with Crippen molar-refractivity contribution in [1.82, 2.24) is 15.5 Å². The normalized spacial score (nSPS) is 16.5. The standard InChI is InChI=1S/C21H34N4O2/c1-3-4-6-9-17(2)22-21(27)24-19-12-14-25(15-13-19)16-20(26)23-18-10-7-5-8-11-18/h5,7-8,10-11,17,19H,3-4,6,9,12-16H2,1-2H3,(H,23,26)(H2,22,24,27). The van der Waals surface area contributed by atoms with Crippen molar-refractivity contribution >= 4 is 17.6 Å². The monoisotopic (exact) mass is 374 g/mol. The fourth-order valence-corrected chi connectivity index (χ4v) is 3.38. The molecule has 1 saturated heterocycles. The molecule has 3 N–H and O–H groups in total. The Hall–Kier alpha value is -2.08. The van der Waals surface area contributed by atoms with Gasteiger partial charge in [0.15, 0.2) is 0 Å². The minimum absolute atomic E-state index is 0.00579. The lowest BCUT2D eigenvalue weighted by atomic mass is 10.1. The van der Waals surface area contributed by atoms with Crippen LogP contribution in [0.5, 0.6) is 0 Å². The van der Waals surface area contributed by atoms with Crippen molar-refractivity contribution in [3.63, 3.8) is 0 Å². The largest absolute Gasteiger partial charge is 0.336 e. The molecule has 6 heteroatoms. The number of para-hydroxylation sites is 1. The van der Waals surface area contributed by atoms with Gasteiger partial charge in [-0.15, -0.1) is 0 Å². The van der Waals surface area contributed by atoms with E-state index in [2.05, 4.69) is 34.7 Å². The van der Waals surface area contributed by atoms with Crippen LogP contribution in [-0.4, -0.2) is 48.6 Å². The summed E-state index contributed by atoms with van der Waals surface area (Å²) in [6, 6.07) is 9.82. The lowest BCUT2D eigenvalue weighted by Gasteiger charge is -2.32. The molecule has 0 aromatic heterocycles. The molecule has 2 rings (SSSR count). The van der Waals surface area contributed by atoms with Gasteiger partial charge in [0.1, 0.15) is 0 Å². The van der Waals surface area contributed by atoms with Crippen LogP contribution in [0.1, 0.15) is 52.4 Å². The van der Waals surface area contributed by atoms with E-state index in [0.29, 0.717) is 6.54 Å². The lowest BCUT2D eigenvalue weighted by molar-refractivity contribution is -0.117. The molecular weight excluding hydrogens is 340 g/mol. The summed E-state index contributed by atoms with van der Waals surface area (Å²) in [4.78, 5) is 26.4. The van der Waals surface area contributed by atoms with Gasteiger partial charge in [-0.05, 0) is 38.3 Å². The first-order chi connectivity index (χ1) is 13.1. The molecule has 3 amide bonds. The van der Waals surface area contributed by atoms with Crippen LogP contribution in [0.25, 0.3) is 0 Å². The molecule has 0 spiro atoms. The first kappa shape index (κ1) is 21.2. The van der Waals surface area contributed by atoms with E-state index in [-0.39, 0.29) is 24.0 Å². The van der Waals surface area contributed by atoms with Crippen molar-refractivity contribution < 1.29 is 9.59 Å². The highest BCUT2D eigenvalue weighted by Crippen LogP contribution is 2.11. The predicted molar refractivity (Wildman–Crippen MR) is 110 cm³/mol. The Kier molecular flexibility index (Phi) is 9.11. The zero-order valence-electron chi connectivity index (χ0n) is 16.7. The van der Waals surface area contributed by atoms with Gasteiger partial charge in [0.25, 0.3) is 0 Å². The van der Waals surface area contributed by atoms with Crippen LogP contribution in [0.3, 0.4) is 0 Å². The van der Waals surface area contributed by atoms with Crippen LogP contribution in [-0.2, 0) is 4.79 Å². The van der Waals surface area contributed by atoms with E-state index in [9.17, 15) is 9.59 Å². The molecule has 1 fully saturated rings. The fraction of sp³-hybridized carbons (Fsp3) is 0.619. The van der Waals surface area contributed by atoms with Crippen LogP contribution in [0, 0.1) is 0 Å². The van der Waals surface area contributed by atoms with Gasteiger partial charge in [0.05, 0.1) is 6.54 Å². The van der Waals surface area contributed by atoms with Gasteiger partial charge in [-0.2, -0.15) is 0 Å². The Balaban J connectivity index is 1.62. The summed E-state index contributed by atoms with van der Waals surface area (Å²) in [5, 5.41) is 9.02. The van der Waals surface area contributed by atoms with Crippen molar-refractivity contribution in [3.8, 4) is 0 Å². The Morgan fingerprint density at radius 3 is 2.52 bits per heavy atom. The number of amides is 3. The summed E-state index contributed by atoms with van der Waals surface area (Å²) in [6.45, 7) is 6.27. The second kappa shape index (κ2) is 11.6. The fourth-order valence-electron chi connectivity index (χ4n) is 3.38. The molecule has 6 nitrogen and oxygen atoms in total. The summed E-state index contributed by atoms with van der Waals surface area (Å²) in [5.74, 6) is 0.00579. The molecule has 1 unspecified atom stereocenters. The second-order valence-electron chi connectivity index (χ2n) is 7.48. The summed E-state index contributed by atoms with van der Waals surface area (Å²) >= 11 is 0. The van der Waals surface area contributed by atoms with Crippen molar-refractivity contribution in [2.24, 2.45) is 0 Å². The number of piperidine rings is 1. The molecule has 0 bridgehead atoms. The summed E-state index contributed by atoms with van der Waals surface area (Å²) in [5.41, 5.74) is 0.823. The molecule has 0 saturated carbocycles. The quantitative estimate of drug-likeness (QED) is 0.580. The number of rotatable bonds is 9. The zero-order chi connectivity index (χ0) is 19.5. The molecule has 1 aromatic carbocycles. The number of anilines is 1. The number of likely N-dealkylation sites (tertiary alicyclic amines) is 1. The van der Waals surface area contributed by atoms with Gasteiger partial charge < -0.3 is 16.0 Å². The van der Waals surface area contributed by atoms with Crippen molar-refractivity contribution in [3.05, 3.63) is 30.3 Å². The molecule has 0 radical (unpaired) electrons. The Labute approximate surface area is 163 Å². The molecule has 1 heterocycles. The number of benzene rings is 1. The van der Waals surface area contributed by atoms with E-state index in [0.717, 1.165) is 44.5 Å². The molecule has 27 heavy (non-hydrogen) atoms. The van der Waals surface area contributed by atoms with Crippen molar-refractivity contribution in [2.45, 2.75) is 64.5 Å². The second-order valence-corrected chi connectivity index (χ2v) is 7.48. The van der Waals surface area contributed by atoms with E-state index in [1.54, 1.807) is 0 Å². The Morgan fingerprint density at radius 2 is 1.85 bits per heavy atom. The smallest absolute Gasteiger partial charge is 0.315 e. The summed E-state index contributed by atoms with van der Waals surface area (Å²) < 4.78 is 0. The average molecular weight is 375 g/mol. The van der Waals surface area contributed by atoms with Gasteiger partial charge in [-0.25, -0.2) is 4.79 Å². The first-order valence-corrected chi connectivity index (χ1v) is 10.2. The third kappa shape index (κ3) is 8.43. The molecule has 150 valence electrons. The zero-order valence-corrected chi connectivity index (χ0v) is 16.7. The lowest BCUT2D eigenvalue weighted by Crippen LogP contribution is -2.50. The maximum atomic E-state index is 12.1. The maximum Gasteiger partial charge on any atom is 0.315 e. The Morgan fingerprint density at radius 1 is 1.15 bits per heavy atom. The van der Waals surface area contributed by atoms with Crippen LogP contribution < -0.4 is 16.0 Å². The van der Waals surface area contributed by atoms with Gasteiger partial charge in [-0.3, -0.25) is 9.69 Å². The van der Waals surface area contributed by atoms with Crippen LogP contribution in [0.2, 0.25) is 0 Å². The molecule has 1 aliphatic rings. The highest BCUT2D eigenvalue weighted by molar-refractivity contribution is 5.92. The number of carbonyl (C=O) groups excluding carboxylic acids is 2. The third-order valence-electron chi connectivity index (χ3n) is 4.97. The summed E-state index contributed by atoms with van der Waals surface area (Å²) in [6.07, 6.45) is 6.33. The van der Waals surface area contributed by atoms with Crippen LogP contribution in [0.4, 0.5) is 10.5 Å². The minimum atomic E-state index is -0.0701. The number of hydrogen-bond donors (Lipinski definition) is 3. The van der Waals surface area contributed by atoms with Crippen molar-refractivity contribution in [2.75, 3.05) is 25.0 Å². The van der Waals surface area contributed by atoms with Gasteiger partial charge >= 0.3 is 6.03 Å². The number of carbonyl (C=O) groups is 2. The van der Waals surface area contributed by atoms with Crippen LogP contribution >= 0.6 is 0 Å². The average Bonchev–Trinajstić information content (AvgIpc) is 2.64. The highest BCUT2D eigenvalue weighted by Gasteiger charge is 2.22.